The van der Waals surface area contributed by atoms with Gasteiger partial charge in [0.1, 0.15) is 11.3 Å². The predicted molar refractivity (Wildman–Crippen MR) is 84.8 cm³/mol. The molecule has 3 aromatic carbocycles. The predicted octanol–water partition coefficient (Wildman–Crippen LogP) is 5.30. The number of hydrogen-bond donors (Lipinski definition) is 0. The van der Waals surface area contributed by atoms with Gasteiger partial charge in [-0.1, -0.05) is 42.5 Å². The molecule has 0 unspecified atom stereocenters. The van der Waals surface area contributed by atoms with Crippen LogP contribution in [-0.4, -0.2) is 4.98 Å². The molecule has 4 aromatic rings. The van der Waals surface area contributed by atoms with Crippen LogP contribution in [0.25, 0.3) is 33.7 Å². The SMILES string of the molecule is Fc1ccc(-c2ccccc2-c2nc3ccccc3o2)cc1. The maximum atomic E-state index is 13.1. The van der Waals surface area contributed by atoms with Crippen LogP contribution < -0.4 is 0 Å². The third-order valence-corrected chi connectivity index (χ3v) is 3.61. The first kappa shape index (κ1) is 12.8. The molecule has 0 aliphatic heterocycles. The molecule has 3 heteroatoms. The van der Waals surface area contributed by atoms with Gasteiger partial charge in [0.2, 0.25) is 5.89 Å². The van der Waals surface area contributed by atoms with Gasteiger partial charge in [-0.15, -0.1) is 0 Å². The van der Waals surface area contributed by atoms with Gasteiger partial charge in [-0.2, -0.15) is 0 Å². The Morgan fingerprint density at radius 2 is 1.41 bits per heavy atom. The van der Waals surface area contributed by atoms with Crippen molar-refractivity contribution in [3.63, 3.8) is 0 Å². The molecule has 0 N–H and O–H groups in total. The highest BCUT2D eigenvalue weighted by Gasteiger charge is 2.13. The number of para-hydroxylation sites is 2. The van der Waals surface area contributed by atoms with Gasteiger partial charge in [0.25, 0.3) is 0 Å². The lowest BCUT2D eigenvalue weighted by atomic mass is 10.00. The summed E-state index contributed by atoms with van der Waals surface area (Å²) < 4.78 is 19.0. The van der Waals surface area contributed by atoms with Crippen molar-refractivity contribution in [2.75, 3.05) is 0 Å². The standard InChI is InChI=1S/C19H12FNO/c20-14-11-9-13(10-12-14)15-5-1-2-6-16(15)19-21-17-7-3-4-8-18(17)22-19/h1-12H. The molecule has 0 saturated heterocycles. The van der Waals surface area contributed by atoms with Crippen molar-refractivity contribution in [1.29, 1.82) is 0 Å². The number of halogens is 1. The lowest BCUT2D eigenvalue weighted by molar-refractivity contribution is 0.620. The summed E-state index contributed by atoms with van der Waals surface area (Å²) in [7, 11) is 0. The minimum Gasteiger partial charge on any atom is -0.436 e. The summed E-state index contributed by atoms with van der Waals surface area (Å²) in [5, 5.41) is 0. The molecule has 0 aliphatic rings. The van der Waals surface area contributed by atoms with E-state index in [2.05, 4.69) is 4.98 Å². The Morgan fingerprint density at radius 3 is 2.18 bits per heavy atom. The molecule has 0 amide bonds. The van der Waals surface area contributed by atoms with Gasteiger partial charge < -0.3 is 4.42 Å². The van der Waals surface area contributed by atoms with E-state index in [4.69, 9.17) is 4.42 Å². The molecule has 0 radical (unpaired) electrons. The summed E-state index contributed by atoms with van der Waals surface area (Å²) in [6.07, 6.45) is 0. The molecule has 0 saturated carbocycles. The first-order valence-electron chi connectivity index (χ1n) is 7.02. The second kappa shape index (κ2) is 5.11. The minimum absolute atomic E-state index is 0.247. The summed E-state index contributed by atoms with van der Waals surface area (Å²) in [6, 6.07) is 21.9. The highest BCUT2D eigenvalue weighted by Crippen LogP contribution is 2.33. The zero-order chi connectivity index (χ0) is 14.9. The van der Waals surface area contributed by atoms with E-state index in [1.165, 1.54) is 12.1 Å². The molecule has 0 bridgehead atoms. The van der Waals surface area contributed by atoms with Crippen LogP contribution in [0, 0.1) is 5.82 Å². The van der Waals surface area contributed by atoms with Gasteiger partial charge in [0.05, 0.1) is 0 Å². The zero-order valence-corrected chi connectivity index (χ0v) is 11.7. The number of hydrogen-bond acceptors (Lipinski definition) is 2. The van der Waals surface area contributed by atoms with Crippen molar-refractivity contribution in [3.05, 3.63) is 78.6 Å². The molecule has 4 rings (SSSR count). The van der Waals surface area contributed by atoms with E-state index in [1.807, 2.05) is 48.5 Å². The summed E-state index contributed by atoms with van der Waals surface area (Å²) in [4.78, 5) is 4.55. The van der Waals surface area contributed by atoms with E-state index in [-0.39, 0.29) is 5.82 Å². The Hall–Kier alpha value is -2.94. The fourth-order valence-electron chi connectivity index (χ4n) is 2.54. The Balaban J connectivity index is 1.90. The van der Waals surface area contributed by atoms with Crippen LogP contribution in [-0.2, 0) is 0 Å². The normalized spacial score (nSPS) is 11.0. The van der Waals surface area contributed by atoms with E-state index in [0.717, 1.165) is 27.8 Å². The molecule has 1 aromatic heterocycles. The van der Waals surface area contributed by atoms with Crippen LogP contribution in [0.15, 0.2) is 77.2 Å². The monoisotopic (exact) mass is 289 g/mol. The second-order valence-corrected chi connectivity index (χ2v) is 5.04. The van der Waals surface area contributed by atoms with Crippen LogP contribution in [0.4, 0.5) is 4.39 Å². The van der Waals surface area contributed by atoms with E-state index in [1.54, 1.807) is 12.1 Å². The van der Waals surface area contributed by atoms with E-state index < -0.39 is 0 Å². The van der Waals surface area contributed by atoms with Crippen LogP contribution >= 0.6 is 0 Å². The molecule has 0 atom stereocenters. The van der Waals surface area contributed by atoms with Crippen LogP contribution in [0.2, 0.25) is 0 Å². The highest BCUT2D eigenvalue weighted by atomic mass is 19.1. The van der Waals surface area contributed by atoms with Crippen molar-refractivity contribution >= 4 is 11.1 Å². The van der Waals surface area contributed by atoms with Gasteiger partial charge >= 0.3 is 0 Å². The Bertz CT molecular complexity index is 908. The summed E-state index contributed by atoms with van der Waals surface area (Å²) >= 11 is 0. The van der Waals surface area contributed by atoms with Gasteiger partial charge in [-0.05, 0) is 41.5 Å². The molecule has 106 valence electrons. The van der Waals surface area contributed by atoms with Gasteiger partial charge in [0, 0.05) is 5.56 Å². The van der Waals surface area contributed by atoms with Crippen LogP contribution in [0.1, 0.15) is 0 Å². The van der Waals surface area contributed by atoms with E-state index in [0.29, 0.717) is 5.89 Å². The van der Waals surface area contributed by atoms with Gasteiger partial charge in [-0.3, -0.25) is 0 Å². The quantitative estimate of drug-likeness (QED) is 0.500. The first-order valence-corrected chi connectivity index (χ1v) is 7.02. The van der Waals surface area contributed by atoms with Crippen molar-refractivity contribution in [2.24, 2.45) is 0 Å². The number of rotatable bonds is 2. The molecular formula is C19H12FNO. The topological polar surface area (TPSA) is 26.0 Å². The summed E-state index contributed by atoms with van der Waals surface area (Å²) in [6.45, 7) is 0. The summed E-state index contributed by atoms with van der Waals surface area (Å²) in [5.74, 6) is 0.323. The number of fused-ring (bicyclic) bond motifs is 1. The fraction of sp³-hybridized carbons (Fsp3) is 0. The highest BCUT2D eigenvalue weighted by molar-refractivity contribution is 5.83. The number of aromatic nitrogens is 1. The van der Waals surface area contributed by atoms with Crippen molar-refractivity contribution < 1.29 is 8.81 Å². The zero-order valence-electron chi connectivity index (χ0n) is 11.7. The molecule has 1 heterocycles. The molecule has 2 nitrogen and oxygen atoms in total. The van der Waals surface area contributed by atoms with E-state index >= 15 is 0 Å². The molecule has 0 fully saturated rings. The lowest BCUT2D eigenvalue weighted by Gasteiger charge is -2.06. The molecule has 22 heavy (non-hydrogen) atoms. The molecule has 0 aliphatic carbocycles. The number of benzene rings is 3. The summed E-state index contributed by atoms with van der Waals surface area (Å²) in [5.41, 5.74) is 4.37. The first-order chi connectivity index (χ1) is 10.8. The van der Waals surface area contributed by atoms with Gasteiger partial charge in [-0.25, -0.2) is 9.37 Å². The van der Waals surface area contributed by atoms with E-state index in [9.17, 15) is 4.39 Å². The van der Waals surface area contributed by atoms with Crippen LogP contribution in [0.3, 0.4) is 0 Å². The third kappa shape index (κ3) is 2.17. The maximum absolute atomic E-state index is 13.1. The van der Waals surface area contributed by atoms with Crippen molar-refractivity contribution in [1.82, 2.24) is 4.98 Å². The fourth-order valence-corrected chi connectivity index (χ4v) is 2.54. The number of oxazole rings is 1. The average Bonchev–Trinajstić information content (AvgIpc) is 2.99. The largest absolute Gasteiger partial charge is 0.436 e. The van der Waals surface area contributed by atoms with Crippen LogP contribution in [0.5, 0.6) is 0 Å². The third-order valence-electron chi connectivity index (χ3n) is 3.61. The maximum Gasteiger partial charge on any atom is 0.227 e. The Kier molecular flexibility index (Phi) is 2.97. The lowest BCUT2D eigenvalue weighted by Crippen LogP contribution is -1.85. The number of nitrogens with zero attached hydrogens (tertiary/aromatic N) is 1. The minimum atomic E-state index is -0.247. The Labute approximate surface area is 126 Å². The molecular weight excluding hydrogens is 277 g/mol. The smallest absolute Gasteiger partial charge is 0.227 e. The van der Waals surface area contributed by atoms with Gasteiger partial charge in [0.15, 0.2) is 5.58 Å². The van der Waals surface area contributed by atoms with Crippen molar-refractivity contribution in [3.8, 4) is 22.6 Å². The van der Waals surface area contributed by atoms with Crippen molar-refractivity contribution in [2.45, 2.75) is 0 Å². The second-order valence-electron chi connectivity index (χ2n) is 5.04. The Morgan fingerprint density at radius 1 is 0.727 bits per heavy atom. The average molecular weight is 289 g/mol. The molecule has 0 spiro atoms.